The third-order valence-electron chi connectivity index (χ3n) is 4.91. The average molecular weight is 298 g/mol. The number of hydrogen-bond acceptors (Lipinski definition) is 4. The number of anilines is 3. The monoisotopic (exact) mass is 298 g/mol. The molecule has 0 fully saturated rings. The van der Waals surface area contributed by atoms with Gasteiger partial charge in [0.1, 0.15) is 11.4 Å². The standard InChI is InChI=1S/C18H22N2O2/c1-4-8-18(3)10-20(15-14(19)16(21)17(15)22)13-9-11(5-2)6-7-12(13)18/h6-7,9H,4-5,8,10,19H2,1-3H3. The second kappa shape index (κ2) is 4.97. The molecule has 0 saturated carbocycles. The highest BCUT2D eigenvalue weighted by Gasteiger charge is 2.41. The lowest BCUT2D eigenvalue weighted by Gasteiger charge is -2.26. The summed E-state index contributed by atoms with van der Waals surface area (Å²) in [6, 6.07) is 6.46. The van der Waals surface area contributed by atoms with Gasteiger partial charge in [0.15, 0.2) is 0 Å². The Balaban J connectivity index is 2.16. The van der Waals surface area contributed by atoms with E-state index in [1.54, 1.807) is 0 Å². The highest BCUT2D eigenvalue weighted by Crippen LogP contribution is 2.47. The maximum atomic E-state index is 12.0. The molecule has 1 atom stereocenters. The molecule has 116 valence electrons. The second-order valence-electron chi connectivity index (χ2n) is 6.52. The summed E-state index contributed by atoms with van der Waals surface area (Å²) in [6.45, 7) is 7.21. The summed E-state index contributed by atoms with van der Waals surface area (Å²) in [6.07, 6.45) is 3.05. The van der Waals surface area contributed by atoms with Crippen LogP contribution in [0.4, 0.5) is 17.1 Å². The van der Waals surface area contributed by atoms with E-state index in [1.807, 2.05) is 4.90 Å². The fraction of sp³-hybridized carbons (Fsp3) is 0.444. The minimum absolute atomic E-state index is 0.0114. The lowest BCUT2D eigenvalue weighted by molar-refractivity contribution is 0.461. The Bertz CT molecular complexity index is 802. The summed E-state index contributed by atoms with van der Waals surface area (Å²) in [7, 11) is 0. The molecule has 0 radical (unpaired) electrons. The van der Waals surface area contributed by atoms with Crippen LogP contribution in [0.15, 0.2) is 27.8 Å². The van der Waals surface area contributed by atoms with Crippen molar-refractivity contribution in [2.24, 2.45) is 0 Å². The Hall–Kier alpha value is -2.10. The number of nitrogens with two attached hydrogens (primary N) is 1. The first-order valence-corrected chi connectivity index (χ1v) is 7.92. The third kappa shape index (κ3) is 1.90. The van der Waals surface area contributed by atoms with Crippen LogP contribution >= 0.6 is 0 Å². The van der Waals surface area contributed by atoms with Crippen molar-refractivity contribution in [3.63, 3.8) is 0 Å². The zero-order chi connectivity index (χ0) is 16.1. The van der Waals surface area contributed by atoms with E-state index in [0.29, 0.717) is 12.2 Å². The van der Waals surface area contributed by atoms with Crippen molar-refractivity contribution in [2.45, 2.75) is 45.4 Å². The van der Waals surface area contributed by atoms with Crippen molar-refractivity contribution in [1.29, 1.82) is 0 Å². The van der Waals surface area contributed by atoms with Crippen LogP contribution in [-0.2, 0) is 11.8 Å². The average Bonchev–Trinajstić information content (AvgIpc) is 2.80. The molecule has 22 heavy (non-hydrogen) atoms. The molecule has 1 heterocycles. The minimum Gasteiger partial charge on any atom is -0.394 e. The second-order valence-corrected chi connectivity index (χ2v) is 6.52. The number of benzene rings is 1. The van der Waals surface area contributed by atoms with Crippen molar-refractivity contribution in [1.82, 2.24) is 0 Å². The Morgan fingerprint density at radius 2 is 1.95 bits per heavy atom. The number of nitrogen functional groups attached to an aromatic ring is 1. The lowest BCUT2D eigenvalue weighted by atomic mass is 9.80. The van der Waals surface area contributed by atoms with Gasteiger partial charge < -0.3 is 10.6 Å². The zero-order valence-electron chi connectivity index (χ0n) is 13.4. The molecule has 0 saturated heterocycles. The minimum atomic E-state index is -0.549. The van der Waals surface area contributed by atoms with Gasteiger partial charge in [0.25, 0.3) is 10.9 Å². The molecule has 3 rings (SSSR count). The molecular weight excluding hydrogens is 276 g/mol. The largest absolute Gasteiger partial charge is 0.394 e. The fourth-order valence-corrected chi connectivity index (χ4v) is 3.68. The van der Waals surface area contributed by atoms with Crippen molar-refractivity contribution in [2.75, 3.05) is 17.2 Å². The van der Waals surface area contributed by atoms with E-state index in [9.17, 15) is 9.59 Å². The quantitative estimate of drug-likeness (QED) is 0.881. The first kappa shape index (κ1) is 14.8. The predicted octanol–water partition coefficient (Wildman–Crippen LogP) is 2.64. The van der Waals surface area contributed by atoms with Crippen molar-refractivity contribution in [3.05, 3.63) is 49.8 Å². The smallest absolute Gasteiger partial charge is 0.253 e. The Morgan fingerprint density at radius 1 is 1.23 bits per heavy atom. The molecule has 0 aromatic heterocycles. The maximum absolute atomic E-state index is 12.0. The van der Waals surface area contributed by atoms with Crippen molar-refractivity contribution in [3.8, 4) is 0 Å². The molecule has 2 aromatic rings. The summed E-state index contributed by atoms with van der Waals surface area (Å²) < 4.78 is 0. The van der Waals surface area contributed by atoms with Gasteiger partial charge in [-0.25, -0.2) is 0 Å². The van der Waals surface area contributed by atoms with Gasteiger partial charge in [-0.2, -0.15) is 0 Å². The van der Waals surface area contributed by atoms with Crippen LogP contribution in [0, 0.1) is 0 Å². The summed E-state index contributed by atoms with van der Waals surface area (Å²) in [5, 5.41) is 0. The third-order valence-corrected chi connectivity index (χ3v) is 4.91. The fourth-order valence-electron chi connectivity index (χ4n) is 3.68. The van der Waals surface area contributed by atoms with Crippen LogP contribution in [0.2, 0.25) is 0 Å². The van der Waals surface area contributed by atoms with Crippen LogP contribution in [0.25, 0.3) is 0 Å². The van der Waals surface area contributed by atoms with Gasteiger partial charge in [-0.1, -0.05) is 39.3 Å². The number of nitrogens with zero attached hydrogens (tertiary/aromatic N) is 1. The van der Waals surface area contributed by atoms with E-state index in [2.05, 4.69) is 39.0 Å². The van der Waals surface area contributed by atoms with Crippen molar-refractivity contribution < 1.29 is 0 Å². The van der Waals surface area contributed by atoms with Gasteiger partial charge in [-0.15, -0.1) is 0 Å². The molecule has 0 spiro atoms. The topological polar surface area (TPSA) is 63.4 Å². The molecule has 2 N–H and O–H groups in total. The summed E-state index contributed by atoms with van der Waals surface area (Å²) in [5.74, 6) is 0. The van der Waals surface area contributed by atoms with Crippen LogP contribution in [0.1, 0.15) is 44.7 Å². The van der Waals surface area contributed by atoms with Gasteiger partial charge >= 0.3 is 0 Å². The highest BCUT2D eigenvalue weighted by atomic mass is 16.2. The Kier molecular flexibility index (Phi) is 3.35. The van der Waals surface area contributed by atoms with Gasteiger partial charge in [0.2, 0.25) is 0 Å². The SMILES string of the molecule is CCCC1(C)CN(c2c(N)c(=O)c2=O)c2cc(CC)ccc21. The van der Waals surface area contributed by atoms with E-state index in [4.69, 9.17) is 5.73 Å². The number of fused-ring (bicyclic) bond motifs is 1. The van der Waals surface area contributed by atoms with Crippen LogP contribution in [0.3, 0.4) is 0 Å². The van der Waals surface area contributed by atoms with Gasteiger partial charge in [-0.05, 0) is 30.0 Å². The predicted molar refractivity (Wildman–Crippen MR) is 90.9 cm³/mol. The zero-order valence-corrected chi connectivity index (χ0v) is 13.4. The number of rotatable bonds is 4. The first-order chi connectivity index (χ1) is 10.4. The summed E-state index contributed by atoms with van der Waals surface area (Å²) in [5.41, 5.74) is 8.79. The molecule has 1 aliphatic heterocycles. The molecule has 0 amide bonds. The molecule has 0 bridgehead atoms. The van der Waals surface area contributed by atoms with E-state index >= 15 is 0 Å². The first-order valence-electron chi connectivity index (χ1n) is 7.92. The summed E-state index contributed by atoms with van der Waals surface area (Å²) >= 11 is 0. The maximum Gasteiger partial charge on any atom is 0.253 e. The van der Waals surface area contributed by atoms with E-state index in [1.165, 1.54) is 11.1 Å². The van der Waals surface area contributed by atoms with Crippen LogP contribution in [0.5, 0.6) is 0 Å². The molecular formula is C18H22N2O2. The number of hydrogen-bond donors (Lipinski definition) is 1. The molecule has 4 nitrogen and oxygen atoms in total. The van der Waals surface area contributed by atoms with Gasteiger partial charge in [0.05, 0.1) is 0 Å². The lowest BCUT2D eigenvalue weighted by Crippen LogP contribution is -2.41. The van der Waals surface area contributed by atoms with Crippen LogP contribution < -0.4 is 21.5 Å². The molecule has 0 aliphatic carbocycles. The molecule has 1 aliphatic rings. The van der Waals surface area contributed by atoms with E-state index in [-0.39, 0.29) is 11.1 Å². The van der Waals surface area contributed by atoms with E-state index in [0.717, 1.165) is 24.9 Å². The van der Waals surface area contributed by atoms with Crippen molar-refractivity contribution >= 4 is 17.1 Å². The Labute approximate surface area is 130 Å². The molecule has 4 heteroatoms. The normalized spacial score (nSPS) is 20.6. The van der Waals surface area contributed by atoms with E-state index < -0.39 is 10.9 Å². The van der Waals surface area contributed by atoms with Gasteiger partial charge in [0, 0.05) is 17.6 Å². The van der Waals surface area contributed by atoms with Crippen LogP contribution in [-0.4, -0.2) is 6.54 Å². The highest BCUT2D eigenvalue weighted by molar-refractivity contribution is 5.83. The molecule has 1 unspecified atom stereocenters. The summed E-state index contributed by atoms with van der Waals surface area (Å²) in [4.78, 5) is 25.4. The Morgan fingerprint density at radius 3 is 2.55 bits per heavy atom. The van der Waals surface area contributed by atoms with Gasteiger partial charge in [-0.3, -0.25) is 9.59 Å². The number of aryl methyl sites for hydroxylation is 1. The molecule has 2 aromatic carbocycles.